The van der Waals surface area contributed by atoms with Crippen LogP contribution in [0.3, 0.4) is 0 Å². The zero-order chi connectivity index (χ0) is 13.0. The Kier molecular flexibility index (Phi) is 5.09. The molecule has 2 rings (SSSR count). The number of rotatable bonds is 5. The first-order valence-electron chi connectivity index (χ1n) is 6.66. The van der Waals surface area contributed by atoms with E-state index in [1.807, 2.05) is 0 Å². The van der Waals surface area contributed by atoms with Gasteiger partial charge in [0, 0.05) is 6.54 Å². The number of nitrogens with one attached hydrogen (secondary N) is 1. The van der Waals surface area contributed by atoms with E-state index in [2.05, 4.69) is 23.8 Å². The van der Waals surface area contributed by atoms with Crippen molar-refractivity contribution in [1.82, 2.24) is 5.32 Å². The molecule has 0 aromatic heterocycles. The van der Waals surface area contributed by atoms with Gasteiger partial charge in [-0.1, -0.05) is 24.8 Å². The van der Waals surface area contributed by atoms with Gasteiger partial charge >= 0.3 is 0 Å². The molecule has 2 fully saturated rings. The number of amidine groups is 1. The zero-order valence-electron chi connectivity index (χ0n) is 10.8. The monoisotopic (exact) mass is 270 g/mol. The number of fused-ring (bicyclic) bond motifs is 1. The fourth-order valence-electron chi connectivity index (χ4n) is 2.27. The molecule has 0 unspecified atom stereocenters. The molecule has 2 N–H and O–H groups in total. The van der Waals surface area contributed by atoms with Crippen molar-refractivity contribution in [2.24, 2.45) is 4.99 Å². The van der Waals surface area contributed by atoms with E-state index in [0.717, 1.165) is 31.0 Å². The predicted molar refractivity (Wildman–Crippen MR) is 75.8 cm³/mol. The van der Waals surface area contributed by atoms with Gasteiger partial charge in [0.05, 0.1) is 18.2 Å². The Morgan fingerprint density at radius 3 is 3.22 bits per heavy atom. The van der Waals surface area contributed by atoms with Crippen molar-refractivity contribution in [2.45, 2.75) is 56.3 Å². The van der Waals surface area contributed by atoms with Crippen LogP contribution < -0.4 is 5.32 Å². The number of aliphatic hydroxyl groups is 1. The van der Waals surface area contributed by atoms with Crippen LogP contribution in [0.2, 0.25) is 0 Å². The van der Waals surface area contributed by atoms with Crippen molar-refractivity contribution in [3.05, 3.63) is 12.7 Å². The summed E-state index contributed by atoms with van der Waals surface area (Å²) in [7, 11) is 0. The number of thioether (sulfide) groups is 1. The molecule has 0 aromatic carbocycles. The lowest BCUT2D eigenvalue weighted by Gasteiger charge is -2.33. The number of hydrogen-bond acceptors (Lipinski definition) is 4. The largest absolute Gasteiger partial charge is 0.390 e. The summed E-state index contributed by atoms with van der Waals surface area (Å²) >= 11 is 1.65. The van der Waals surface area contributed by atoms with E-state index in [1.165, 1.54) is 0 Å². The molecule has 0 radical (unpaired) electrons. The summed E-state index contributed by atoms with van der Waals surface area (Å²) < 4.78 is 5.96. The van der Waals surface area contributed by atoms with E-state index in [1.54, 1.807) is 17.8 Å². The summed E-state index contributed by atoms with van der Waals surface area (Å²) in [6.07, 6.45) is 4.82. The van der Waals surface area contributed by atoms with Crippen molar-refractivity contribution in [3.8, 4) is 0 Å². The minimum Gasteiger partial charge on any atom is -0.390 e. The first-order chi connectivity index (χ1) is 8.74. The highest BCUT2D eigenvalue weighted by Crippen LogP contribution is 2.34. The van der Waals surface area contributed by atoms with Crippen LogP contribution in [0.1, 0.15) is 32.6 Å². The zero-order valence-corrected chi connectivity index (χ0v) is 11.7. The van der Waals surface area contributed by atoms with E-state index < -0.39 is 6.10 Å². The molecule has 2 heterocycles. The molecule has 2 saturated heterocycles. The molecule has 2 aliphatic rings. The van der Waals surface area contributed by atoms with Crippen LogP contribution in [0, 0.1) is 0 Å². The first-order valence-corrected chi connectivity index (χ1v) is 7.54. The molecule has 5 heteroatoms. The van der Waals surface area contributed by atoms with Gasteiger partial charge in [0.15, 0.2) is 5.17 Å². The summed E-state index contributed by atoms with van der Waals surface area (Å²) in [5, 5.41) is 14.3. The topological polar surface area (TPSA) is 53.8 Å². The predicted octanol–water partition coefficient (Wildman–Crippen LogP) is 1.90. The lowest BCUT2D eigenvalue weighted by molar-refractivity contribution is -0.0801. The Hall–Kier alpha value is -0.520. The summed E-state index contributed by atoms with van der Waals surface area (Å²) in [6, 6.07) is 0.345. The van der Waals surface area contributed by atoms with Gasteiger partial charge < -0.3 is 15.2 Å². The number of nitrogens with zero attached hydrogens (tertiary/aromatic N) is 1. The molecule has 0 amide bonds. The number of ether oxygens (including phenoxy) is 1. The van der Waals surface area contributed by atoms with Crippen molar-refractivity contribution in [1.29, 1.82) is 0 Å². The molecule has 4 nitrogen and oxygen atoms in total. The highest BCUT2D eigenvalue weighted by molar-refractivity contribution is 8.14. The van der Waals surface area contributed by atoms with Crippen LogP contribution in [0.5, 0.6) is 0 Å². The van der Waals surface area contributed by atoms with E-state index >= 15 is 0 Å². The highest BCUT2D eigenvalue weighted by atomic mass is 32.2. The van der Waals surface area contributed by atoms with Crippen LogP contribution in [-0.4, -0.2) is 40.5 Å². The van der Waals surface area contributed by atoms with Crippen LogP contribution in [0.15, 0.2) is 17.6 Å². The average molecular weight is 270 g/mol. The maximum atomic E-state index is 9.95. The lowest BCUT2D eigenvalue weighted by atomic mass is 9.99. The summed E-state index contributed by atoms with van der Waals surface area (Å²) in [6.45, 7) is 6.63. The number of aliphatic imine (C=N–C) groups is 1. The fourth-order valence-corrected chi connectivity index (χ4v) is 3.44. The average Bonchev–Trinajstić information content (AvgIpc) is 2.78. The maximum Gasteiger partial charge on any atom is 0.159 e. The van der Waals surface area contributed by atoms with E-state index in [4.69, 9.17) is 4.74 Å². The van der Waals surface area contributed by atoms with Gasteiger partial charge in [-0.15, -0.1) is 6.58 Å². The van der Waals surface area contributed by atoms with Crippen LogP contribution in [-0.2, 0) is 4.74 Å². The van der Waals surface area contributed by atoms with Gasteiger partial charge in [-0.2, -0.15) is 0 Å². The van der Waals surface area contributed by atoms with Crippen molar-refractivity contribution in [2.75, 3.05) is 6.54 Å². The van der Waals surface area contributed by atoms with Crippen molar-refractivity contribution in [3.63, 3.8) is 0 Å². The second kappa shape index (κ2) is 6.59. The Morgan fingerprint density at radius 1 is 1.67 bits per heavy atom. The van der Waals surface area contributed by atoms with Gasteiger partial charge in [0.25, 0.3) is 0 Å². The second-order valence-electron chi connectivity index (χ2n) is 4.77. The molecular formula is C13H22N2O2S. The molecule has 0 aromatic rings. The Bertz CT molecular complexity index is 322. The molecule has 18 heavy (non-hydrogen) atoms. The van der Waals surface area contributed by atoms with E-state index in [0.29, 0.717) is 12.5 Å². The van der Waals surface area contributed by atoms with Gasteiger partial charge in [0.2, 0.25) is 0 Å². The minimum atomic E-state index is -0.430. The number of aliphatic hydroxyl groups excluding tert-OH is 1. The van der Waals surface area contributed by atoms with E-state index in [9.17, 15) is 5.11 Å². The smallest absolute Gasteiger partial charge is 0.159 e. The third-order valence-electron chi connectivity index (χ3n) is 3.25. The van der Waals surface area contributed by atoms with Crippen molar-refractivity contribution >= 4 is 16.9 Å². The fraction of sp³-hybridized carbons (Fsp3) is 0.769. The Balaban J connectivity index is 1.88. The van der Waals surface area contributed by atoms with Gasteiger partial charge in [-0.05, 0) is 25.7 Å². The van der Waals surface area contributed by atoms with Crippen LogP contribution >= 0.6 is 11.8 Å². The molecular weight excluding hydrogens is 248 g/mol. The summed E-state index contributed by atoms with van der Waals surface area (Å²) in [4.78, 5) is 4.48. The lowest BCUT2D eigenvalue weighted by Crippen LogP contribution is -2.44. The van der Waals surface area contributed by atoms with Gasteiger partial charge in [0.1, 0.15) is 5.44 Å². The summed E-state index contributed by atoms with van der Waals surface area (Å²) in [5.41, 5.74) is 0.0961. The molecule has 0 bridgehead atoms. The Morgan fingerprint density at radius 2 is 2.50 bits per heavy atom. The quantitative estimate of drug-likeness (QED) is 0.749. The van der Waals surface area contributed by atoms with Gasteiger partial charge in [-0.25, -0.2) is 0 Å². The van der Waals surface area contributed by atoms with Crippen LogP contribution in [0.4, 0.5) is 0 Å². The van der Waals surface area contributed by atoms with Crippen LogP contribution in [0.25, 0.3) is 0 Å². The third kappa shape index (κ3) is 3.28. The Labute approximate surface area is 113 Å². The normalized spacial score (nSPS) is 35.0. The SMILES string of the molecule is C=CC[C@@H](O)[C@H]1CC[C@H]2NC(=NCCC)S[C@H]2O1. The maximum absolute atomic E-state index is 9.95. The third-order valence-corrected chi connectivity index (χ3v) is 4.39. The number of hydrogen-bond donors (Lipinski definition) is 2. The molecule has 4 atom stereocenters. The highest BCUT2D eigenvalue weighted by Gasteiger charge is 2.40. The van der Waals surface area contributed by atoms with E-state index in [-0.39, 0.29) is 11.5 Å². The minimum absolute atomic E-state index is 0.0657. The molecule has 0 spiro atoms. The van der Waals surface area contributed by atoms with Gasteiger partial charge in [-0.3, -0.25) is 4.99 Å². The molecule has 0 aliphatic carbocycles. The second-order valence-corrected chi connectivity index (χ2v) is 5.85. The van der Waals surface area contributed by atoms with Crippen molar-refractivity contribution < 1.29 is 9.84 Å². The molecule has 0 saturated carbocycles. The summed E-state index contributed by atoms with van der Waals surface area (Å²) in [5.74, 6) is 0. The molecule has 102 valence electrons. The first kappa shape index (κ1) is 13.9. The molecule has 2 aliphatic heterocycles. The standard InChI is InChI=1S/C13H22N2O2S/c1-3-5-10(16)11-7-6-9-12(17-11)18-13(15-9)14-8-4-2/h3,9-12,16H,1,4-8H2,2H3,(H,14,15)/t9-,10-,11-,12-/m1/s1.